The molecule has 3 rings (SSSR count). The molecular formula is C11H16N6. The average molecular weight is 232 g/mol. The van der Waals surface area contributed by atoms with Gasteiger partial charge in [0.25, 0.3) is 0 Å². The number of rotatable bonds is 1. The molecule has 6 heteroatoms. The summed E-state index contributed by atoms with van der Waals surface area (Å²) in [7, 11) is 0. The molecule has 17 heavy (non-hydrogen) atoms. The predicted octanol–water partition coefficient (Wildman–Crippen LogP) is 0.526. The average Bonchev–Trinajstić information content (AvgIpc) is 2.75. The van der Waals surface area contributed by atoms with Crippen LogP contribution < -0.4 is 10.6 Å². The number of piperidine rings is 1. The number of hydrogen-bond donors (Lipinski definition) is 2. The zero-order valence-electron chi connectivity index (χ0n) is 9.80. The van der Waals surface area contributed by atoms with E-state index < -0.39 is 0 Å². The highest BCUT2D eigenvalue weighted by molar-refractivity contribution is 5.82. The lowest BCUT2D eigenvalue weighted by Gasteiger charge is -2.35. The van der Waals surface area contributed by atoms with Gasteiger partial charge in [0.05, 0.1) is 6.33 Å². The molecule has 1 aliphatic heterocycles. The highest BCUT2D eigenvalue weighted by Gasteiger charge is 2.24. The van der Waals surface area contributed by atoms with E-state index in [2.05, 4.69) is 31.8 Å². The number of fused-ring (bicyclic) bond motifs is 1. The van der Waals surface area contributed by atoms with Crippen molar-refractivity contribution in [1.82, 2.24) is 19.9 Å². The van der Waals surface area contributed by atoms with Crippen molar-refractivity contribution in [3.8, 4) is 0 Å². The van der Waals surface area contributed by atoms with Crippen LogP contribution in [0, 0.1) is 5.92 Å². The van der Waals surface area contributed by atoms with Gasteiger partial charge in [0, 0.05) is 19.1 Å². The van der Waals surface area contributed by atoms with Gasteiger partial charge in [-0.3, -0.25) is 0 Å². The molecule has 2 aromatic heterocycles. The molecule has 0 radical (unpaired) electrons. The van der Waals surface area contributed by atoms with Gasteiger partial charge in [-0.15, -0.1) is 0 Å². The number of nitrogens with zero attached hydrogens (tertiary/aromatic N) is 4. The molecule has 1 saturated heterocycles. The molecule has 0 saturated carbocycles. The van der Waals surface area contributed by atoms with Crippen LogP contribution in [0.3, 0.4) is 0 Å². The third kappa shape index (κ3) is 1.84. The van der Waals surface area contributed by atoms with E-state index in [-0.39, 0.29) is 6.04 Å². The number of aromatic amines is 1. The molecular weight excluding hydrogens is 216 g/mol. The van der Waals surface area contributed by atoms with Crippen molar-refractivity contribution >= 4 is 17.0 Å². The highest BCUT2D eigenvalue weighted by Crippen LogP contribution is 2.24. The van der Waals surface area contributed by atoms with Crippen molar-refractivity contribution in [2.75, 3.05) is 18.0 Å². The molecule has 2 aromatic rings. The fraction of sp³-hybridized carbons (Fsp3) is 0.545. The van der Waals surface area contributed by atoms with Crippen LogP contribution in [0.5, 0.6) is 0 Å². The fourth-order valence-corrected chi connectivity index (χ4v) is 2.56. The van der Waals surface area contributed by atoms with Gasteiger partial charge in [0.2, 0.25) is 0 Å². The second kappa shape index (κ2) is 3.96. The Morgan fingerprint density at radius 1 is 1.35 bits per heavy atom. The van der Waals surface area contributed by atoms with E-state index in [1.165, 1.54) is 0 Å². The summed E-state index contributed by atoms with van der Waals surface area (Å²) < 4.78 is 0. The van der Waals surface area contributed by atoms with E-state index in [4.69, 9.17) is 5.73 Å². The van der Waals surface area contributed by atoms with E-state index in [1.807, 2.05) is 0 Å². The van der Waals surface area contributed by atoms with Crippen molar-refractivity contribution in [3.63, 3.8) is 0 Å². The number of nitrogens with two attached hydrogens (primary N) is 1. The first-order valence-electron chi connectivity index (χ1n) is 5.88. The summed E-state index contributed by atoms with van der Waals surface area (Å²) in [5, 5.41) is 0. The van der Waals surface area contributed by atoms with Gasteiger partial charge in [0.15, 0.2) is 11.5 Å². The molecule has 90 valence electrons. The van der Waals surface area contributed by atoms with Crippen molar-refractivity contribution < 1.29 is 0 Å². The van der Waals surface area contributed by atoms with Crippen LogP contribution in [-0.2, 0) is 0 Å². The quantitative estimate of drug-likeness (QED) is 0.749. The topological polar surface area (TPSA) is 83.7 Å². The molecule has 0 spiro atoms. The Morgan fingerprint density at radius 2 is 2.24 bits per heavy atom. The fourth-order valence-electron chi connectivity index (χ4n) is 2.56. The Bertz CT molecular complexity index is 511. The molecule has 6 nitrogen and oxygen atoms in total. The smallest absolute Gasteiger partial charge is 0.182 e. The Morgan fingerprint density at radius 3 is 3.06 bits per heavy atom. The van der Waals surface area contributed by atoms with Crippen molar-refractivity contribution in [2.24, 2.45) is 11.7 Å². The van der Waals surface area contributed by atoms with E-state index in [0.717, 1.165) is 30.8 Å². The lowest BCUT2D eigenvalue weighted by atomic mass is 9.96. The molecule has 2 unspecified atom stereocenters. The Labute approximate surface area is 99.3 Å². The molecule has 0 amide bonds. The standard InChI is InChI=1S/C11H16N6/c1-7-2-8(12)4-17(3-7)11-9-10(14-5-13-9)15-6-16-11/h5-8H,2-4,12H2,1H3,(H,13,14,15,16). The summed E-state index contributed by atoms with van der Waals surface area (Å²) in [6.45, 7) is 4.05. The number of imidazole rings is 1. The second-order valence-electron chi connectivity index (χ2n) is 4.80. The SMILES string of the molecule is CC1CC(N)CN(c2ncnc3nc[nH]c23)C1. The minimum atomic E-state index is 0.215. The van der Waals surface area contributed by atoms with E-state index >= 15 is 0 Å². The third-order valence-corrected chi connectivity index (χ3v) is 3.19. The van der Waals surface area contributed by atoms with Gasteiger partial charge in [-0.2, -0.15) is 0 Å². The maximum Gasteiger partial charge on any atom is 0.182 e. The molecule has 1 aliphatic rings. The van der Waals surface area contributed by atoms with E-state index in [0.29, 0.717) is 11.6 Å². The lowest BCUT2D eigenvalue weighted by molar-refractivity contribution is 0.400. The van der Waals surface area contributed by atoms with Gasteiger partial charge >= 0.3 is 0 Å². The molecule has 3 heterocycles. The van der Waals surface area contributed by atoms with Gasteiger partial charge in [-0.1, -0.05) is 6.92 Å². The minimum Gasteiger partial charge on any atom is -0.353 e. The van der Waals surface area contributed by atoms with Gasteiger partial charge < -0.3 is 15.6 Å². The number of nitrogens with one attached hydrogen (secondary N) is 1. The summed E-state index contributed by atoms with van der Waals surface area (Å²) in [5.74, 6) is 1.50. The number of hydrogen-bond acceptors (Lipinski definition) is 5. The Kier molecular flexibility index (Phi) is 2.44. The summed E-state index contributed by atoms with van der Waals surface area (Å²) in [6.07, 6.45) is 4.28. The second-order valence-corrected chi connectivity index (χ2v) is 4.80. The van der Waals surface area contributed by atoms with Gasteiger partial charge in [-0.25, -0.2) is 15.0 Å². The number of anilines is 1. The van der Waals surface area contributed by atoms with Crippen LogP contribution in [0.25, 0.3) is 11.2 Å². The summed E-state index contributed by atoms with van der Waals surface area (Å²) in [6, 6.07) is 0.215. The first-order valence-corrected chi connectivity index (χ1v) is 5.88. The summed E-state index contributed by atoms with van der Waals surface area (Å²) in [4.78, 5) is 18.0. The molecule has 0 bridgehead atoms. The molecule has 3 N–H and O–H groups in total. The number of aromatic nitrogens is 4. The predicted molar refractivity (Wildman–Crippen MR) is 65.7 cm³/mol. The first-order chi connectivity index (χ1) is 8.24. The maximum atomic E-state index is 6.06. The Balaban J connectivity index is 2.00. The highest BCUT2D eigenvalue weighted by atomic mass is 15.2. The van der Waals surface area contributed by atoms with Gasteiger partial charge in [-0.05, 0) is 12.3 Å². The van der Waals surface area contributed by atoms with E-state index in [1.54, 1.807) is 12.7 Å². The Hall–Kier alpha value is -1.69. The zero-order chi connectivity index (χ0) is 11.8. The van der Waals surface area contributed by atoms with Crippen molar-refractivity contribution in [1.29, 1.82) is 0 Å². The number of H-pyrrole nitrogens is 1. The molecule has 0 aromatic carbocycles. The maximum absolute atomic E-state index is 6.06. The molecule has 1 fully saturated rings. The first kappa shape index (κ1) is 10.5. The van der Waals surface area contributed by atoms with Crippen LogP contribution in [0.15, 0.2) is 12.7 Å². The zero-order valence-corrected chi connectivity index (χ0v) is 9.80. The molecule has 0 aliphatic carbocycles. The summed E-state index contributed by atoms with van der Waals surface area (Å²) in [5.41, 5.74) is 7.67. The van der Waals surface area contributed by atoms with Crippen LogP contribution >= 0.6 is 0 Å². The molecule has 2 atom stereocenters. The van der Waals surface area contributed by atoms with Crippen LogP contribution in [-0.4, -0.2) is 39.1 Å². The normalized spacial score (nSPS) is 25.4. The van der Waals surface area contributed by atoms with Gasteiger partial charge in [0.1, 0.15) is 11.8 Å². The van der Waals surface area contributed by atoms with Crippen LogP contribution in [0.4, 0.5) is 5.82 Å². The lowest BCUT2D eigenvalue weighted by Crippen LogP contribution is -2.46. The largest absolute Gasteiger partial charge is 0.353 e. The monoisotopic (exact) mass is 232 g/mol. The van der Waals surface area contributed by atoms with Crippen LogP contribution in [0.1, 0.15) is 13.3 Å². The summed E-state index contributed by atoms with van der Waals surface area (Å²) >= 11 is 0. The van der Waals surface area contributed by atoms with Crippen molar-refractivity contribution in [3.05, 3.63) is 12.7 Å². The van der Waals surface area contributed by atoms with Crippen molar-refractivity contribution in [2.45, 2.75) is 19.4 Å². The van der Waals surface area contributed by atoms with Crippen LogP contribution in [0.2, 0.25) is 0 Å². The van der Waals surface area contributed by atoms with E-state index in [9.17, 15) is 0 Å². The minimum absolute atomic E-state index is 0.215. The third-order valence-electron chi connectivity index (χ3n) is 3.19.